The summed E-state index contributed by atoms with van der Waals surface area (Å²) in [6.07, 6.45) is 4.82. The number of rotatable bonds is 9. The Morgan fingerprint density at radius 3 is 2.65 bits per heavy atom. The van der Waals surface area contributed by atoms with Gasteiger partial charge in [0.1, 0.15) is 23.8 Å². The number of hydrogen-bond donors (Lipinski definition) is 1. The molecule has 0 fully saturated rings. The van der Waals surface area contributed by atoms with E-state index in [-0.39, 0.29) is 13.2 Å². The van der Waals surface area contributed by atoms with Gasteiger partial charge in [0, 0.05) is 17.8 Å². The molecule has 172 valence electrons. The number of ether oxygens (including phenoxy) is 2. The van der Waals surface area contributed by atoms with E-state index >= 15 is 0 Å². The predicted octanol–water partition coefficient (Wildman–Crippen LogP) is 4.06. The van der Waals surface area contributed by atoms with Crippen LogP contribution in [0.2, 0.25) is 0 Å². The summed E-state index contributed by atoms with van der Waals surface area (Å²) in [7, 11) is 0. The highest BCUT2D eigenvalue weighted by atomic mass is 16.5. The van der Waals surface area contributed by atoms with Crippen LogP contribution in [0.25, 0.3) is 23.2 Å². The fourth-order valence-corrected chi connectivity index (χ4v) is 3.22. The summed E-state index contributed by atoms with van der Waals surface area (Å²) >= 11 is 0. The SMILES string of the molecule is Cc1ccc(-c2nn(-c3ccccc3)cc2/C=C/C(=O)OCc2cccc(OCC(N)=O)c2)o1. The first-order chi connectivity index (χ1) is 16.5. The van der Waals surface area contributed by atoms with Crippen LogP contribution in [-0.2, 0) is 20.9 Å². The number of aryl methyl sites for hydroxylation is 1. The van der Waals surface area contributed by atoms with Crippen LogP contribution in [0.3, 0.4) is 0 Å². The molecule has 2 aromatic heterocycles. The van der Waals surface area contributed by atoms with Gasteiger partial charge >= 0.3 is 5.97 Å². The largest absolute Gasteiger partial charge is 0.484 e. The summed E-state index contributed by atoms with van der Waals surface area (Å²) in [6.45, 7) is 1.68. The van der Waals surface area contributed by atoms with E-state index in [2.05, 4.69) is 5.10 Å². The zero-order valence-electron chi connectivity index (χ0n) is 18.5. The van der Waals surface area contributed by atoms with E-state index in [9.17, 15) is 9.59 Å². The molecule has 0 saturated carbocycles. The quantitative estimate of drug-likeness (QED) is 0.300. The molecule has 0 bridgehead atoms. The lowest BCUT2D eigenvalue weighted by Crippen LogP contribution is -2.20. The Balaban J connectivity index is 1.47. The molecular formula is C26H23N3O5. The minimum Gasteiger partial charge on any atom is -0.484 e. The number of para-hydroxylation sites is 1. The van der Waals surface area contributed by atoms with E-state index in [1.807, 2.05) is 55.6 Å². The fourth-order valence-electron chi connectivity index (χ4n) is 3.22. The van der Waals surface area contributed by atoms with Crippen molar-refractivity contribution in [2.75, 3.05) is 6.61 Å². The van der Waals surface area contributed by atoms with Crippen molar-refractivity contribution in [3.8, 4) is 22.9 Å². The second-order valence-corrected chi connectivity index (χ2v) is 7.47. The van der Waals surface area contributed by atoms with Gasteiger partial charge < -0.3 is 19.6 Å². The number of nitrogens with zero attached hydrogens (tertiary/aromatic N) is 2. The molecule has 0 saturated heterocycles. The Hall–Kier alpha value is -4.59. The van der Waals surface area contributed by atoms with Crippen molar-refractivity contribution in [2.24, 2.45) is 5.73 Å². The number of amides is 1. The molecule has 0 unspecified atom stereocenters. The molecule has 8 heteroatoms. The molecule has 0 atom stereocenters. The predicted molar refractivity (Wildman–Crippen MR) is 126 cm³/mol. The van der Waals surface area contributed by atoms with E-state index in [1.54, 1.807) is 35.0 Å². The molecule has 0 aliphatic carbocycles. The highest BCUT2D eigenvalue weighted by Crippen LogP contribution is 2.26. The average Bonchev–Trinajstić information content (AvgIpc) is 3.47. The lowest BCUT2D eigenvalue weighted by Gasteiger charge is -2.06. The first kappa shape index (κ1) is 22.6. The summed E-state index contributed by atoms with van der Waals surface area (Å²) in [5.41, 5.74) is 8.00. The third-order valence-corrected chi connectivity index (χ3v) is 4.80. The second kappa shape index (κ2) is 10.4. The minimum absolute atomic E-state index is 0.0461. The number of carbonyl (C=O) groups excluding carboxylic acids is 2. The third kappa shape index (κ3) is 5.80. The average molecular weight is 457 g/mol. The highest BCUT2D eigenvalue weighted by molar-refractivity contribution is 5.88. The highest BCUT2D eigenvalue weighted by Gasteiger charge is 2.14. The number of aromatic nitrogens is 2. The Morgan fingerprint density at radius 2 is 1.91 bits per heavy atom. The third-order valence-electron chi connectivity index (χ3n) is 4.80. The van der Waals surface area contributed by atoms with E-state index in [4.69, 9.17) is 19.6 Å². The first-order valence-electron chi connectivity index (χ1n) is 10.5. The Labute approximate surface area is 196 Å². The Bertz CT molecular complexity index is 1320. The standard InChI is InChI=1S/C26H23N3O5/c1-18-10-12-23(34-18)26-20(15-29(28-26)21-7-3-2-4-8-21)11-13-25(31)33-16-19-6-5-9-22(14-19)32-17-24(27)30/h2-15H,16-17H2,1H3,(H2,27,30)/b13-11+. The van der Waals surface area contributed by atoms with Gasteiger partial charge in [-0.05, 0) is 55.0 Å². The van der Waals surface area contributed by atoms with Gasteiger partial charge in [-0.1, -0.05) is 30.3 Å². The number of primary amides is 1. The van der Waals surface area contributed by atoms with E-state index in [0.29, 0.717) is 28.3 Å². The molecule has 4 rings (SSSR count). The fraction of sp³-hybridized carbons (Fsp3) is 0.115. The van der Waals surface area contributed by atoms with Crippen LogP contribution < -0.4 is 10.5 Å². The number of furan rings is 1. The molecule has 2 N–H and O–H groups in total. The maximum absolute atomic E-state index is 12.4. The van der Waals surface area contributed by atoms with Gasteiger partial charge in [0.15, 0.2) is 12.4 Å². The molecule has 1 amide bonds. The molecule has 0 aliphatic rings. The monoisotopic (exact) mass is 457 g/mol. The summed E-state index contributed by atoms with van der Waals surface area (Å²) in [5.74, 6) is 0.752. The van der Waals surface area contributed by atoms with E-state index in [1.165, 1.54) is 6.08 Å². The van der Waals surface area contributed by atoms with Crippen LogP contribution >= 0.6 is 0 Å². The molecule has 2 aromatic carbocycles. The summed E-state index contributed by atoms with van der Waals surface area (Å²) in [4.78, 5) is 23.2. The van der Waals surface area contributed by atoms with Gasteiger partial charge in [0.05, 0.1) is 5.69 Å². The van der Waals surface area contributed by atoms with Crippen molar-refractivity contribution >= 4 is 18.0 Å². The van der Waals surface area contributed by atoms with Crippen molar-refractivity contribution in [3.05, 3.63) is 95.9 Å². The number of benzene rings is 2. The van der Waals surface area contributed by atoms with Crippen LogP contribution in [-0.4, -0.2) is 28.3 Å². The van der Waals surface area contributed by atoms with E-state index < -0.39 is 11.9 Å². The van der Waals surface area contributed by atoms with Gasteiger partial charge in [-0.3, -0.25) is 4.79 Å². The maximum Gasteiger partial charge on any atom is 0.331 e. The number of carbonyl (C=O) groups is 2. The molecule has 2 heterocycles. The van der Waals surface area contributed by atoms with Crippen LogP contribution in [0.5, 0.6) is 5.75 Å². The van der Waals surface area contributed by atoms with Crippen LogP contribution in [0.4, 0.5) is 0 Å². The number of hydrogen-bond acceptors (Lipinski definition) is 6. The van der Waals surface area contributed by atoms with Crippen LogP contribution in [0.1, 0.15) is 16.9 Å². The number of nitrogens with two attached hydrogens (primary N) is 1. The van der Waals surface area contributed by atoms with Crippen molar-refractivity contribution in [1.29, 1.82) is 0 Å². The summed E-state index contributed by atoms with van der Waals surface area (Å²) < 4.78 is 18.1. The van der Waals surface area contributed by atoms with E-state index in [0.717, 1.165) is 11.4 Å². The first-order valence-corrected chi connectivity index (χ1v) is 10.5. The molecule has 4 aromatic rings. The lowest BCUT2D eigenvalue weighted by molar-refractivity contribution is -0.138. The molecular weight excluding hydrogens is 434 g/mol. The maximum atomic E-state index is 12.4. The lowest BCUT2D eigenvalue weighted by atomic mass is 10.2. The topological polar surface area (TPSA) is 110 Å². The van der Waals surface area contributed by atoms with Crippen molar-refractivity contribution in [2.45, 2.75) is 13.5 Å². The van der Waals surface area contributed by atoms with Gasteiger partial charge in [-0.25, -0.2) is 9.48 Å². The van der Waals surface area contributed by atoms with Crippen LogP contribution in [0, 0.1) is 6.92 Å². The Kier molecular flexibility index (Phi) is 6.88. The smallest absolute Gasteiger partial charge is 0.331 e. The molecule has 8 nitrogen and oxygen atoms in total. The van der Waals surface area contributed by atoms with Gasteiger partial charge in [-0.15, -0.1) is 0 Å². The minimum atomic E-state index is -0.568. The number of esters is 1. The van der Waals surface area contributed by atoms with Crippen molar-refractivity contribution < 1.29 is 23.5 Å². The normalized spacial score (nSPS) is 11.0. The van der Waals surface area contributed by atoms with Gasteiger partial charge in [-0.2, -0.15) is 5.10 Å². The zero-order valence-corrected chi connectivity index (χ0v) is 18.5. The van der Waals surface area contributed by atoms with Gasteiger partial charge in [0.2, 0.25) is 0 Å². The molecule has 0 radical (unpaired) electrons. The van der Waals surface area contributed by atoms with Crippen LogP contribution in [0.15, 0.2) is 83.4 Å². The van der Waals surface area contributed by atoms with Crippen molar-refractivity contribution in [1.82, 2.24) is 9.78 Å². The van der Waals surface area contributed by atoms with Crippen molar-refractivity contribution in [3.63, 3.8) is 0 Å². The summed E-state index contributed by atoms with van der Waals surface area (Å²) in [5, 5.41) is 4.65. The molecule has 34 heavy (non-hydrogen) atoms. The summed E-state index contributed by atoms with van der Waals surface area (Å²) in [6, 6.07) is 20.3. The molecule has 0 aliphatic heterocycles. The zero-order chi connectivity index (χ0) is 23.9. The second-order valence-electron chi connectivity index (χ2n) is 7.47. The Morgan fingerprint density at radius 1 is 1.09 bits per heavy atom. The van der Waals surface area contributed by atoms with Gasteiger partial charge in [0.25, 0.3) is 5.91 Å². The molecule has 0 spiro atoms.